The number of hydrogen-bond donors (Lipinski definition) is 0. The monoisotopic (exact) mass is 370 g/mol. The van der Waals surface area contributed by atoms with Crippen molar-refractivity contribution in [3.63, 3.8) is 0 Å². The smallest absolute Gasteiger partial charge is 0.193 e. The lowest BCUT2D eigenvalue weighted by Crippen LogP contribution is -2.01. The molecule has 0 saturated carbocycles. The summed E-state index contributed by atoms with van der Waals surface area (Å²) < 4.78 is 25.9. The summed E-state index contributed by atoms with van der Waals surface area (Å²) in [4.78, 5) is 14.0. The lowest BCUT2D eigenvalue weighted by molar-refractivity contribution is 0.599. The largest absolute Gasteiger partial charge is 0.298 e. The van der Waals surface area contributed by atoms with Gasteiger partial charge >= 0.3 is 0 Å². The summed E-state index contributed by atoms with van der Waals surface area (Å²) in [5.74, 6) is 0. The Kier molecular flexibility index (Phi) is 3.66. The predicted octanol–water partition coefficient (Wildman–Crippen LogP) is 3.26. The van der Waals surface area contributed by atoms with Crippen LogP contribution in [-0.4, -0.2) is 34.2 Å². The highest BCUT2D eigenvalue weighted by atomic mass is 32.2. The van der Waals surface area contributed by atoms with Crippen LogP contribution in [0.1, 0.15) is 5.56 Å². The maximum Gasteiger partial charge on any atom is 0.193 e. The van der Waals surface area contributed by atoms with Crippen LogP contribution in [0, 0.1) is 6.92 Å². The van der Waals surface area contributed by atoms with Crippen LogP contribution < -0.4 is 0 Å². The van der Waals surface area contributed by atoms with Gasteiger partial charge in [0.1, 0.15) is 11.2 Å². The average molecular weight is 370 g/mol. The number of rotatable bonds is 3. The Morgan fingerprint density at radius 1 is 1.16 bits per heavy atom. The fourth-order valence-corrected chi connectivity index (χ4v) is 4.62. The first-order valence-electron chi connectivity index (χ1n) is 7.48. The molecule has 1 aromatic carbocycles. The molecule has 126 valence electrons. The number of sulfone groups is 1. The normalized spacial score (nSPS) is 11.9. The highest BCUT2D eigenvalue weighted by molar-refractivity contribution is 7.90. The highest BCUT2D eigenvalue weighted by Gasteiger charge is 2.19. The molecule has 0 atom stereocenters. The third kappa shape index (κ3) is 2.73. The van der Waals surface area contributed by atoms with E-state index < -0.39 is 9.84 Å². The molecule has 3 aromatic heterocycles. The highest BCUT2D eigenvalue weighted by Crippen LogP contribution is 2.35. The van der Waals surface area contributed by atoms with Crippen LogP contribution in [0.3, 0.4) is 0 Å². The van der Waals surface area contributed by atoms with Crippen LogP contribution in [0.15, 0.2) is 54.2 Å². The third-order valence-corrected chi connectivity index (χ3v) is 6.00. The summed E-state index contributed by atoms with van der Waals surface area (Å²) >= 11 is 1.42. The van der Waals surface area contributed by atoms with Gasteiger partial charge in [0.25, 0.3) is 0 Å². The molecule has 8 heteroatoms. The van der Waals surface area contributed by atoms with E-state index >= 15 is 0 Å². The molecule has 0 amide bonds. The zero-order valence-electron chi connectivity index (χ0n) is 13.5. The molecule has 0 N–H and O–H groups in total. The zero-order chi connectivity index (χ0) is 17.6. The minimum Gasteiger partial charge on any atom is -0.298 e. The lowest BCUT2D eigenvalue weighted by Gasteiger charge is -2.09. The van der Waals surface area contributed by atoms with E-state index in [-0.39, 0.29) is 5.03 Å². The molecule has 4 rings (SSSR count). The molecule has 0 unspecified atom stereocenters. The molecule has 4 aromatic rings. The second kappa shape index (κ2) is 5.75. The van der Waals surface area contributed by atoms with Crippen LogP contribution in [-0.2, 0) is 9.84 Å². The lowest BCUT2D eigenvalue weighted by atomic mass is 10.2. The number of fused-ring (bicyclic) bond motifs is 1. The van der Waals surface area contributed by atoms with E-state index in [1.54, 1.807) is 12.5 Å². The molecule has 0 radical (unpaired) electrons. The van der Waals surface area contributed by atoms with Crippen molar-refractivity contribution in [2.75, 3.05) is 6.26 Å². The van der Waals surface area contributed by atoms with Gasteiger partial charge in [-0.05, 0) is 24.6 Å². The number of nitrogens with zero attached hydrogens (tertiary/aromatic N) is 4. The van der Waals surface area contributed by atoms with Crippen molar-refractivity contribution in [2.45, 2.75) is 11.9 Å². The molecule has 6 nitrogen and oxygen atoms in total. The molecular formula is C17H14N4O2S2. The Labute approximate surface area is 148 Å². The number of thiophene rings is 1. The van der Waals surface area contributed by atoms with Gasteiger partial charge < -0.3 is 0 Å². The Morgan fingerprint density at radius 2 is 1.96 bits per heavy atom. The summed E-state index contributed by atoms with van der Waals surface area (Å²) in [6, 6.07) is 9.85. The Bertz CT molecular complexity index is 1190. The maximum absolute atomic E-state index is 12.0. The summed E-state index contributed by atoms with van der Waals surface area (Å²) in [6.45, 7) is 2.04. The van der Waals surface area contributed by atoms with Gasteiger partial charge in [-0.3, -0.25) is 4.57 Å². The summed E-state index contributed by atoms with van der Waals surface area (Å²) in [7, 11) is -3.42. The molecule has 25 heavy (non-hydrogen) atoms. The fraction of sp³-hybridized carbons (Fsp3) is 0.118. The van der Waals surface area contributed by atoms with Crippen LogP contribution in [0.25, 0.3) is 26.5 Å². The molecule has 0 bridgehead atoms. The van der Waals surface area contributed by atoms with E-state index in [1.165, 1.54) is 17.7 Å². The summed E-state index contributed by atoms with van der Waals surface area (Å²) in [6.07, 6.45) is 5.97. The van der Waals surface area contributed by atoms with E-state index in [1.807, 2.05) is 41.8 Å². The minimum atomic E-state index is -3.42. The Morgan fingerprint density at radius 3 is 2.72 bits per heavy atom. The summed E-state index contributed by atoms with van der Waals surface area (Å²) in [5.41, 5.74) is 3.04. The molecule has 0 fully saturated rings. The van der Waals surface area contributed by atoms with Gasteiger partial charge in [0.15, 0.2) is 14.9 Å². The fourth-order valence-electron chi connectivity index (χ4n) is 2.76. The second-order valence-electron chi connectivity index (χ2n) is 5.72. The molecule has 0 spiro atoms. The Balaban J connectivity index is 1.94. The van der Waals surface area contributed by atoms with Crippen molar-refractivity contribution in [3.8, 4) is 16.3 Å². The van der Waals surface area contributed by atoms with Crippen LogP contribution >= 0.6 is 11.3 Å². The standard InChI is InChI=1S/C17H14N4O2S2/c1-11-5-3-4-6-13(11)21-10-18-8-14(21)15-7-12-16(24-15)19-9-20-17(12)25(2,22)23/h3-10H,1-2H3. The average Bonchev–Trinajstić information content (AvgIpc) is 3.20. The first-order valence-corrected chi connectivity index (χ1v) is 10.2. The topological polar surface area (TPSA) is 77.7 Å². The first-order chi connectivity index (χ1) is 11.9. The Hall–Kier alpha value is -2.58. The van der Waals surface area contributed by atoms with Gasteiger partial charge in [-0.1, -0.05) is 18.2 Å². The van der Waals surface area contributed by atoms with Crippen molar-refractivity contribution in [3.05, 3.63) is 54.7 Å². The van der Waals surface area contributed by atoms with Gasteiger partial charge in [0, 0.05) is 11.6 Å². The van der Waals surface area contributed by atoms with Crippen molar-refractivity contribution in [1.82, 2.24) is 19.5 Å². The minimum absolute atomic E-state index is 0.0574. The van der Waals surface area contributed by atoms with Crippen molar-refractivity contribution >= 4 is 31.4 Å². The van der Waals surface area contributed by atoms with Gasteiger partial charge in [-0.25, -0.2) is 23.4 Å². The number of hydrogen-bond acceptors (Lipinski definition) is 6. The van der Waals surface area contributed by atoms with Gasteiger partial charge in [0.2, 0.25) is 0 Å². The van der Waals surface area contributed by atoms with Gasteiger partial charge in [-0.15, -0.1) is 11.3 Å². The van der Waals surface area contributed by atoms with Crippen LogP contribution in [0.2, 0.25) is 0 Å². The van der Waals surface area contributed by atoms with Crippen LogP contribution in [0.4, 0.5) is 0 Å². The second-order valence-corrected chi connectivity index (χ2v) is 8.68. The molecule has 0 saturated heterocycles. The molecule has 0 aliphatic rings. The van der Waals surface area contributed by atoms with Gasteiger partial charge in [0.05, 0.1) is 28.8 Å². The molecule has 0 aliphatic carbocycles. The molecule has 0 aliphatic heterocycles. The predicted molar refractivity (Wildman–Crippen MR) is 97.8 cm³/mol. The number of imidazole rings is 1. The van der Waals surface area contributed by atoms with E-state index in [4.69, 9.17) is 0 Å². The van der Waals surface area contributed by atoms with Crippen LogP contribution in [0.5, 0.6) is 0 Å². The van der Waals surface area contributed by atoms with E-state index in [9.17, 15) is 8.42 Å². The number of aromatic nitrogens is 4. The van der Waals surface area contributed by atoms with E-state index in [0.29, 0.717) is 10.2 Å². The van der Waals surface area contributed by atoms with Gasteiger partial charge in [-0.2, -0.15) is 0 Å². The molecular weight excluding hydrogens is 356 g/mol. The van der Waals surface area contributed by atoms with E-state index in [2.05, 4.69) is 15.0 Å². The van der Waals surface area contributed by atoms with Crippen molar-refractivity contribution < 1.29 is 8.42 Å². The SMILES string of the molecule is Cc1ccccc1-n1cncc1-c1cc2c(S(C)(=O)=O)ncnc2s1. The summed E-state index contributed by atoms with van der Waals surface area (Å²) in [5, 5.41) is 0.601. The van der Waals surface area contributed by atoms with Crippen molar-refractivity contribution in [1.29, 1.82) is 0 Å². The quantitative estimate of drug-likeness (QED) is 0.517. The van der Waals surface area contributed by atoms with Crippen molar-refractivity contribution in [2.24, 2.45) is 0 Å². The molecule has 3 heterocycles. The van der Waals surface area contributed by atoms with E-state index in [0.717, 1.165) is 28.1 Å². The number of benzene rings is 1. The maximum atomic E-state index is 12.0. The first kappa shape index (κ1) is 15.9. The number of aryl methyl sites for hydroxylation is 1. The third-order valence-electron chi connectivity index (χ3n) is 3.91. The number of para-hydroxylation sites is 1. The zero-order valence-corrected chi connectivity index (χ0v) is 15.2.